The van der Waals surface area contributed by atoms with E-state index in [0.29, 0.717) is 12.6 Å². The third kappa shape index (κ3) is 4.71. The molecule has 0 atom stereocenters. The Balaban J connectivity index is 1.76. The summed E-state index contributed by atoms with van der Waals surface area (Å²) in [6.07, 6.45) is 8.63. The van der Waals surface area contributed by atoms with Gasteiger partial charge in [0.2, 0.25) is 5.91 Å². The van der Waals surface area contributed by atoms with Crippen LogP contribution in [0.2, 0.25) is 0 Å². The maximum atomic E-state index is 11.9. The van der Waals surface area contributed by atoms with E-state index in [0.717, 1.165) is 25.4 Å². The maximum Gasteiger partial charge on any atom is 0.240 e. The van der Waals surface area contributed by atoms with E-state index in [1.54, 1.807) is 0 Å². The van der Waals surface area contributed by atoms with Crippen LogP contribution >= 0.6 is 0 Å². The summed E-state index contributed by atoms with van der Waals surface area (Å²) in [5.74, 6) is 0.103. The Bertz CT molecular complexity index is 405. The number of rotatable bonds is 8. The smallest absolute Gasteiger partial charge is 0.240 e. The fourth-order valence-corrected chi connectivity index (χ4v) is 2.18. The Hall–Kier alpha value is -1.29. The van der Waals surface area contributed by atoms with Crippen molar-refractivity contribution in [2.24, 2.45) is 0 Å². The Labute approximate surface area is 115 Å². The molecule has 0 aromatic carbocycles. The Morgan fingerprint density at radius 3 is 2.79 bits per heavy atom. The predicted molar refractivity (Wildman–Crippen MR) is 76.8 cm³/mol. The number of amides is 1. The van der Waals surface area contributed by atoms with Crippen molar-refractivity contribution in [3.63, 3.8) is 0 Å². The van der Waals surface area contributed by atoms with Crippen LogP contribution in [0.5, 0.6) is 0 Å². The van der Waals surface area contributed by atoms with Crippen LogP contribution in [0.4, 0.5) is 0 Å². The second kappa shape index (κ2) is 6.75. The molecular weight excluding hydrogens is 238 g/mol. The highest BCUT2D eigenvalue weighted by molar-refractivity contribution is 5.76. The van der Waals surface area contributed by atoms with Crippen molar-refractivity contribution in [3.8, 4) is 0 Å². The first-order valence-electron chi connectivity index (χ1n) is 7.38. The van der Waals surface area contributed by atoms with E-state index in [9.17, 15) is 4.79 Å². The number of nitrogens with one attached hydrogen (secondary N) is 2. The van der Waals surface area contributed by atoms with Gasteiger partial charge >= 0.3 is 0 Å². The molecule has 1 saturated carbocycles. The van der Waals surface area contributed by atoms with Gasteiger partial charge in [-0.05, 0) is 37.3 Å². The first-order valence-corrected chi connectivity index (χ1v) is 7.38. The monoisotopic (exact) mass is 263 g/mol. The van der Waals surface area contributed by atoms with Gasteiger partial charge in [-0.25, -0.2) is 0 Å². The lowest BCUT2D eigenvalue weighted by atomic mass is 10.2. The maximum absolute atomic E-state index is 11.9. The van der Waals surface area contributed by atoms with Crippen molar-refractivity contribution < 1.29 is 4.79 Å². The summed E-state index contributed by atoms with van der Waals surface area (Å²) in [6.45, 7) is 5.53. The Kier molecular flexibility index (Phi) is 5.02. The molecule has 1 fully saturated rings. The van der Waals surface area contributed by atoms with Crippen molar-refractivity contribution in [1.82, 2.24) is 15.2 Å². The Morgan fingerprint density at radius 1 is 1.42 bits per heavy atom. The molecule has 1 aliphatic carbocycles. The molecular formula is C15H25N3O. The number of nitrogens with zero attached hydrogens (tertiary/aromatic N) is 1. The summed E-state index contributed by atoms with van der Waals surface area (Å²) < 4.78 is 1.96. The number of aromatic nitrogens is 1. The van der Waals surface area contributed by atoms with Gasteiger partial charge in [0.1, 0.15) is 6.54 Å². The molecule has 0 radical (unpaired) electrons. The van der Waals surface area contributed by atoms with Crippen LogP contribution in [0.25, 0.3) is 0 Å². The highest BCUT2D eigenvalue weighted by atomic mass is 16.2. The average Bonchev–Trinajstić information content (AvgIpc) is 3.14. The van der Waals surface area contributed by atoms with E-state index < -0.39 is 0 Å². The van der Waals surface area contributed by atoms with E-state index in [4.69, 9.17) is 0 Å². The van der Waals surface area contributed by atoms with Gasteiger partial charge in [0.05, 0.1) is 0 Å². The number of hydrogen-bond donors (Lipinski definition) is 2. The van der Waals surface area contributed by atoms with Gasteiger partial charge in [-0.2, -0.15) is 0 Å². The third-order valence-electron chi connectivity index (χ3n) is 3.66. The van der Waals surface area contributed by atoms with Crippen molar-refractivity contribution in [2.75, 3.05) is 0 Å². The Morgan fingerprint density at radius 2 is 2.16 bits per heavy atom. The zero-order valence-corrected chi connectivity index (χ0v) is 12.0. The van der Waals surface area contributed by atoms with Crippen LogP contribution in [-0.4, -0.2) is 22.6 Å². The highest BCUT2D eigenvalue weighted by Gasteiger charge is 2.20. The molecule has 4 heteroatoms. The molecule has 2 N–H and O–H groups in total. The minimum Gasteiger partial charge on any atom is -0.352 e. The molecule has 19 heavy (non-hydrogen) atoms. The molecule has 0 aliphatic heterocycles. The number of hydrogen-bond acceptors (Lipinski definition) is 2. The fourth-order valence-electron chi connectivity index (χ4n) is 2.18. The zero-order valence-electron chi connectivity index (χ0n) is 12.0. The van der Waals surface area contributed by atoms with E-state index in [1.807, 2.05) is 10.8 Å². The van der Waals surface area contributed by atoms with E-state index in [2.05, 4.69) is 36.7 Å². The normalized spacial score (nSPS) is 14.9. The lowest BCUT2D eigenvalue weighted by molar-refractivity contribution is -0.122. The molecule has 0 unspecified atom stereocenters. The van der Waals surface area contributed by atoms with Gasteiger partial charge in [0.25, 0.3) is 0 Å². The minimum atomic E-state index is 0.103. The van der Waals surface area contributed by atoms with Crippen molar-refractivity contribution in [1.29, 1.82) is 0 Å². The van der Waals surface area contributed by atoms with E-state index in [1.165, 1.54) is 18.4 Å². The predicted octanol–water partition coefficient (Wildman–Crippen LogP) is 2.04. The van der Waals surface area contributed by atoms with Crippen LogP contribution in [-0.2, 0) is 17.9 Å². The van der Waals surface area contributed by atoms with Crippen molar-refractivity contribution >= 4 is 5.91 Å². The van der Waals surface area contributed by atoms with E-state index in [-0.39, 0.29) is 5.91 Å². The number of carbonyl (C=O) groups excluding carboxylic acids is 1. The SMILES string of the molecule is CCC(CC)NC(=O)Cn1ccc(CNC2CC2)c1. The molecule has 0 saturated heterocycles. The quantitative estimate of drug-likeness (QED) is 0.754. The summed E-state index contributed by atoms with van der Waals surface area (Å²) >= 11 is 0. The van der Waals surface area contributed by atoms with Gasteiger partial charge in [0, 0.05) is 31.0 Å². The zero-order chi connectivity index (χ0) is 13.7. The molecule has 1 aromatic heterocycles. The second-order valence-electron chi connectivity index (χ2n) is 5.43. The molecule has 1 aromatic rings. The summed E-state index contributed by atoms with van der Waals surface area (Å²) in [6, 6.07) is 3.11. The summed E-state index contributed by atoms with van der Waals surface area (Å²) in [5.41, 5.74) is 1.25. The van der Waals surface area contributed by atoms with E-state index >= 15 is 0 Å². The summed E-state index contributed by atoms with van der Waals surface area (Å²) in [7, 11) is 0. The first kappa shape index (κ1) is 14.1. The average molecular weight is 263 g/mol. The van der Waals surface area contributed by atoms with Gasteiger partial charge in [0.15, 0.2) is 0 Å². The fraction of sp³-hybridized carbons (Fsp3) is 0.667. The third-order valence-corrected chi connectivity index (χ3v) is 3.66. The van der Waals surface area contributed by atoms with Crippen LogP contribution in [0.15, 0.2) is 18.5 Å². The van der Waals surface area contributed by atoms with Crippen LogP contribution < -0.4 is 10.6 Å². The highest BCUT2D eigenvalue weighted by Crippen LogP contribution is 2.19. The van der Waals surface area contributed by atoms with Crippen molar-refractivity contribution in [2.45, 2.75) is 64.7 Å². The van der Waals surface area contributed by atoms with Gasteiger partial charge in [-0.3, -0.25) is 4.79 Å². The summed E-state index contributed by atoms with van der Waals surface area (Å²) in [4.78, 5) is 11.9. The molecule has 4 nitrogen and oxygen atoms in total. The second-order valence-corrected chi connectivity index (χ2v) is 5.43. The molecule has 1 amide bonds. The molecule has 2 rings (SSSR count). The molecule has 0 bridgehead atoms. The first-order chi connectivity index (χ1) is 9.21. The van der Waals surface area contributed by atoms with Gasteiger partial charge < -0.3 is 15.2 Å². The molecule has 1 heterocycles. The molecule has 0 spiro atoms. The van der Waals surface area contributed by atoms with Crippen molar-refractivity contribution in [3.05, 3.63) is 24.0 Å². The summed E-state index contributed by atoms with van der Waals surface area (Å²) in [5, 5.41) is 6.54. The lowest BCUT2D eigenvalue weighted by Crippen LogP contribution is -2.35. The molecule has 1 aliphatic rings. The van der Waals surface area contributed by atoms with Crippen LogP contribution in [0.3, 0.4) is 0 Å². The largest absolute Gasteiger partial charge is 0.352 e. The minimum absolute atomic E-state index is 0.103. The van der Waals surface area contributed by atoms with Gasteiger partial charge in [-0.1, -0.05) is 13.8 Å². The number of carbonyl (C=O) groups is 1. The van der Waals surface area contributed by atoms with Gasteiger partial charge in [-0.15, -0.1) is 0 Å². The standard InChI is InChI=1S/C15H25N3O/c1-3-13(4-2)17-15(19)11-18-8-7-12(10-18)9-16-14-5-6-14/h7-8,10,13-14,16H,3-6,9,11H2,1-2H3,(H,17,19). The van der Waals surface area contributed by atoms with Crippen LogP contribution in [0, 0.1) is 0 Å². The topological polar surface area (TPSA) is 46.1 Å². The van der Waals surface area contributed by atoms with Crippen LogP contribution in [0.1, 0.15) is 45.1 Å². The molecule has 106 valence electrons. The lowest BCUT2D eigenvalue weighted by Gasteiger charge is -2.14.